The summed E-state index contributed by atoms with van der Waals surface area (Å²) in [5, 5.41) is 2.81. The fourth-order valence-electron chi connectivity index (χ4n) is 2.91. The molecule has 20 heavy (non-hydrogen) atoms. The van der Waals surface area contributed by atoms with Gasteiger partial charge < -0.3 is 9.80 Å². The van der Waals surface area contributed by atoms with E-state index in [-0.39, 0.29) is 5.91 Å². The van der Waals surface area contributed by atoms with Gasteiger partial charge in [0.2, 0.25) is 0 Å². The Morgan fingerprint density at radius 1 is 1.35 bits per heavy atom. The van der Waals surface area contributed by atoms with Gasteiger partial charge in [-0.25, -0.2) is 0 Å². The van der Waals surface area contributed by atoms with Crippen molar-refractivity contribution in [1.82, 2.24) is 9.80 Å². The number of nitrogens with zero attached hydrogens (tertiary/aromatic N) is 3. The first-order valence-electron chi connectivity index (χ1n) is 6.97. The highest BCUT2D eigenvalue weighted by molar-refractivity contribution is 8.13. The third-order valence-electron chi connectivity index (χ3n) is 4.01. The van der Waals surface area contributed by atoms with E-state index in [9.17, 15) is 4.79 Å². The molecule has 6 heteroatoms. The quantitative estimate of drug-likeness (QED) is 0.589. The van der Waals surface area contributed by atoms with Gasteiger partial charge in [0, 0.05) is 32.2 Å². The molecule has 1 aromatic rings. The monoisotopic (exact) mass is 309 g/mol. The lowest BCUT2D eigenvalue weighted by Crippen LogP contribution is -2.40. The van der Waals surface area contributed by atoms with Crippen LogP contribution in [0.5, 0.6) is 0 Å². The van der Waals surface area contributed by atoms with Gasteiger partial charge in [0.1, 0.15) is 0 Å². The minimum Gasteiger partial charge on any atom is -0.347 e. The molecule has 4 heterocycles. The Morgan fingerprint density at radius 3 is 2.80 bits per heavy atom. The van der Waals surface area contributed by atoms with Crippen LogP contribution in [-0.2, 0) is 0 Å². The summed E-state index contributed by atoms with van der Waals surface area (Å²) >= 11 is 3.05. The topological polar surface area (TPSA) is 35.9 Å². The van der Waals surface area contributed by atoms with Crippen LogP contribution in [0, 0.1) is 0 Å². The summed E-state index contributed by atoms with van der Waals surface area (Å²) in [5.74, 6) is -0.108. The third kappa shape index (κ3) is 2.92. The molecular weight excluding hydrogens is 290 g/mol. The maximum absolute atomic E-state index is 12.2. The molecule has 0 aromatic carbocycles. The van der Waals surface area contributed by atoms with E-state index in [4.69, 9.17) is 0 Å². The van der Waals surface area contributed by atoms with Gasteiger partial charge in [0.15, 0.2) is 5.17 Å². The summed E-state index contributed by atoms with van der Waals surface area (Å²) in [7, 11) is 0. The smallest absolute Gasteiger partial charge is 0.289 e. The predicted octanol–water partition coefficient (Wildman–Crippen LogP) is 2.39. The summed E-state index contributed by atoms with van der Waals surface area (Å²) in [4.78, 5) is 22.1. The van der Waals surface area contributed by atoms with Crippen molar-refractivity contribution >= 4 is 34.2 Å². The number of hydrogen-bond acceptors (Lipinski definition) is 4. The van der Waals surface area contributed by atoms with E-state index in [1.54, 1.807) is 11.8 Å². The van der Waals surface area contributed by atoms with Crippen molar-refractivity contribution < 1.29 is 4.79 Å². The second-order valence-electron chi connectivity index (χ2n) is 5.15. The number of amides is 1. The Hall–Kier alpha value is -0.850. The van der Waals surface area contributed by atoms with Crippen molar-refractivity contribution in [2.24, 2.45) is 4.99 Å². The normalized spacial score (nSPS) is 26.6. The van der Waals surface area contributed by atoms with E-state index in [0.717, 1.165) is 23.1 Å². The fraction of sp³-hybridized carbons (Fsp3) is 0.571. The molecule has 4 nitrogen and oxygen atoms in total. The van der Waals surface area contributed by atoms with Gasteiger partial charge in [-0.2, -0.15) is 4.99 Å². The standard InChI is InChI=1S/C14H19N3OS2/c1-19-14(15-13(18)12-3-2-10-20-12)17-9-8-16-6-4-11(17)5-7-16/h2-3,10-11H,4-9H2,1H3/b15-14+. The van der Waals surface area contributed by atoms with Crippen molar-refractivity contribution in [2.75, 3.05) is 32.4 Å². The summed E-state index contributed by atoms with van der Waals surface area (Å²) in [5.41, 5.74) is 0. The first-order chi connectivity index (χ1) is 9.78. The van der Waals surface area contributed by atoms with Crippen LogP contribution >= 0.6 is 23.1 Å². The number of aliphatic imine (C=N–C) groups is 1. The molecule has 0 atom stereocenters. The van der Waals surface area contributed by atoms with Gasteiger partial charge in [-0.1, -0.05) is 17.8 Å². The second-order valence-corrected chi connectivity index (χ2v) is 6.87. The number of thioether (sulfide) groups is 1. The number of thiophene rings is 1. The number of amidine groups is 1. The lowest BCUT2D eigenvalue weighted by Gasteiger charge is -2.32. The van der Waals surface area contributed by atoms with Crippen molar-refractivity contribution in [3.05, 3.63) is 22.4 Å². The minimum absolute atomic E-state index is 0.108. The molecule has 3 aliphatic rings. The third-order valence-corrected chi connectivity index (χ3v) is 5.56. The van der Waals surface area contributed by atoms with Crippen LogP contribution in [-0.4, -0.2) is 59.4 Å². The molecule has 4 rings (SSSR count). The van der Waals surface area contributed by atoms with Crippen molar-refractivity contribution in [2.45, 2.75) is 18.9 Å². The van der Waals surface area contributed by atoms with Crippen LogP contribution < -0.4 is 0 Å². The number of rotatable bonds is 1. The van der Waals surface area contributed by atoms with Crippen LogP contribution in [0.2, 0.25) is 0 Å². The molecule has 0 unspecified atom stereocenters. The first-order valence-corrected chi connectivity index (χ1v) is 9.08. The Labute approximate surface area is 127 Å². The van der Waals surface area contributed by atoms with Crippen molar-refractivity contribution in [3.63, 3.8) is 0 Å². The second kappa shape index (κ2) is 6.28. The van der Waals surface area contributed by atoms with E-state index in [0.29, 0.717) is 6.04 Å². The number of fused-ring (bicyclic) bond motifs is 4. The average Bonchev–Trinajstić information content (AvgIpc) is 2.87. The Balaban J connectivity index is 1.80. The van der Waals surface area contributed by atoms with Crippen LogP contribution in [0.1, 0.15) is 22.5 Å². The summed E-state index contributed by atoms with van der Waals surface area (Å²) in [6.45, 7) is 4.44. The van der Waals surface area contributed by atoms with E-state index in [1.165, 1.54) is 37.3 Å². The van der Waals surface area contributed by atoms with Crippen LogP contribution in [0.15, 0.2) is 22.5 Å². The summed E-state index contributed by atoms with van der Waals surface area (Å²) in [6, 6.07) is 4.29. The number of hydrogen-bond donors (Lipinski definition) is 0. The SMILES string of the molecule is CS/C(=N/C(=O)c1cccs1)N1CCN2CCC1CC2. The maximum atomic E-state index is 12.2. The molecule has 0 N–H and O–H groups in total. The van der Waals surface area contributed by atoms with Crippen LogP contribution in [0.3, 0.4) is 0 Å². The van der Waals surface area contributed by atoms with E-state index in [2.05, 4.69) is 14.8 Å². The van der Waals surface area contributed by atoms with Gasteiger partial charge in [-0.05, 0) is 30.5 Å². The zero-order valence-electron chi connectivity index (χ0n) is 11.6. The molecule has 0 spiro atoms. The first kappa shape index (κ1) is 14.1. The molecule has 0 saturated carbocycles. The lowest BCUT2D eigenvalue weighted by atomic mass is 10.1. The van der Waals surface area contributed by atoms with Gasteiger partial charge >= 0.3 is 0 Å². The van der Waals surface area contributed by atoms with Crippen molar-refractivity contribution in [3.8, 4) is 0 Å². The highest BCUT2D eigenvalue weighted by Gasteiger charge is 2.31. The summed E-state index contributed by atoms with van der Waals surface area (Å²) in [6.07, 6.45) is 4.39. The zero-order valence-corrected chi connectivity index (χ0v) is 13.3. The highest BCUT2D eigenvalue weighted by atomic mass is 32.2. The maximum Gasteiger partial charge on any atom is 0.289 e. The van der Waals surface area contributed by atoms with Crippen LogP contribution in [0.25, 0.3) is 0 Å². The average molecular weight is 309 g/mol. The molecule has 0 aliphatic carbocycles. The lowest BCUT2D eigenvalue weighted by molar-refractivity contribution is 0.100. The van der Waals surface area contributed by atoms with Gasteiger partial charge in [0.25, 0.3) is 5.91 Å². The molecule has 3 fully saturated rings. The molecular formula is C14H19N3OS2. The molecule has 108 valence electrons. The largest absolute Gasteiger partial charge is 0.347 e. The molecule has 1 amide bonds. The highest BCUT2D eigenvalue weighted by Crippen LogP contribution is 2.24. The molecule has 0 radical (unpaired) electrons. The predicted molar refractivity (Wildman–Crippen MR) is 85.8 cm³/mol. The number of carbonyl (C=O) groups is 1. The molecule has 3 aliphatic heterocycles. The number of carbonyl (C=O) groups excluding carboxylic acids is 1. The Bertz CT molecular complexity index is 493. The van der Waals surface area contributed by atoms with E-state index >= 15 is 0 Å². The van der Waals surface area contributed by atoms with Gasteiger partial charge in [-0.3, -0.25) is 4.79 Å². The zero-order chi connectivity index (χ0) is 13.9. The van der Waals surface area contributed by atoms with Gasteiger partial charge in [-0.15, -0.1) is 11.3 Å². The van der Waals surface area contributed by atoms with Crippen LogP contribution in [0.4, 0.5) is 0 Å². The molecule has 1 aromatic heterocycles. The molecule has 2 bridgehead atoms. The Kier molecular flexibility index (Phi) is 4.43. The fourth-order valence-corrected chi connectivity index (χ4v) is 4.16. The van der Waals surface area contributed by atoms with E-state index in [1.807, 2.05) is 23.8 Å². The molecule has 3 saturated heterocycles. The Morgan fingerprint density at radius 2 is 2.15 bits per heavy atom. The minimum atomic E-state index is -0.108. The van der Waals surface area contributed by atoms with Crippen molar-refractivity contribution in [1.29, 1.82) is 0 Å². The van der Waals surface area contributed by atoms with Gasteiger partial charge in [0.05, 0.1) is 4.88 Å². The summed E-state index contributed by atoms with van der Waals surface area (Å²) < 4.78 is 0. The van der Waals surface area contributed by atoms with E-state index < -0.39 is 0 Å². The number of piperidine rings is 1.